The van der Waals surface area contributed by atoms with Crippen molar-refractivity contribution in [1.82, 2.24) is 10.2 Å². The van der Waals surface area contributed by atoms with E-state index in [1.54, 1.807) is 23.1 Å². The molecule has 2 heterocycles. The molecule has 26 heavy (non-hydrogen) atoms. The minimum absolute atomic E-state index is 0.115. The number of rotatable bonds is 4. The lowest BCUT2D eigenvalue weighted by atomic mass is 10.0. The van der Waals surface area contributed by atoms with Gasteiger partial charge in [0.2, 0.25) is 5.91 Å². The standard InChI is InChI=1S/C20H21ClN2O3/c21-16-4-2-1-3-15(16)17-7-8-18(26-17)20(25)23-11-9-14(10-12-23)22-19(24)13-5-6-13/h1-4,7-8,13-14H,5-6,9-12H2,(H,22,24). The van der Waals surface area contributed by atoms with E-state index in [0.717, 1.165) is 31.2 Å². The lowest BCUT2D eigenvalue weighted by Crippen LogP contribution is -2.46. The molecular formula is C20H21ClN2O3. The van der Waals surface area contributed by atoms with E-state index in [1.165, 1.54) is 0 Å². The predicted octanol–water partition coefficient (Wildman–Crippen LogP) is 3.73. The highest BCUT2D eigenvalue weighted by Crippen LogP contribution is 2.30. The molecule has 0 spiro atoms. The Morgan fingerprint density at radius 2 is 1.77 bits per heavy atom. The van der Waals surface area contributed by atoms with E-state index in [1.807, 2.05) is 18.2 Å². The number of likely N-dealkylation sites (tertiary alicyclic amines) is 1. The average molecular weight is 373 g/mol. The molecule has 1 saturated carbocycles. The predicted molar refractivity (Wildman–Crippen MR) is 98.9 cm³/mol. The Labute approximate surface area is 157 Å². The fourth-order valence-electron chi connectivity index (χ4n) is 3.31. The van der Waals surface area contributed by atoms with Gasteiger partial charge in [-0.25, -0.2) is 0 Å². The van der Waals surface area contributed by atoms with Crippen molar-refractivity contribution in [2.75, 3.05) is 13.1 Å². The number of hydrogen-bond donors (Lipinski definition) is 1. The molecule has 0 bridgehead atoms. The van der Waals surface area contributed by atoms with E-state index >= 15 is 0 Å². The molecule has 5 nitrogen and oxygen atoms in total. The number of carbonyl (C=O) groups is 2. The maximum atomic E-state index is 12.7. The summed E-state index contributed by atoms with van der Waals surface area (Å²) >= 11 is 6.19. The molecule has 4 rings (SSSR count). The molecule has 1 aromatic carbocycles. The van der Waals surface area contributed by atoms with E-state index in [9.17, 15) is 9.59 Å². The van der Waals surface area contributed by atoms with Crippen molar-refractivity contribution >= 4 is 23.4 Å². The second kappa shape index (κ2) is 7.16. The largest absolute Gasteiger partial charge is 0.451 e. The van der Waals surface area contributed by atoms with Gasteiger partial charge in [-0.3, -0.25) is 9.59 Å². The van der Waals surface area contributed by atoms with Crippen LogP contribution in [-0.2, 0) is 4.79 Å². The number of benzene rings is 1. The van der Waals surface area contributed by atoms with E-state index in [0.29, 0.717) is 29.6 Å². The first-order chi connectivity index (χ1) is 12.6. The molecule has 0 atom stereocenters. The zero-order valence-corrected chi connectivity index (χ0v) is 15.2. The van der Waals surface area contributed by atoms with Crippen molar-refractivity contribution in [3.05, 3.63) is 47.2 Å². The third-order valence-corrected chi connectivity index (χ3v) is 5.36. The smallest absolute Gasteiger partial charge is 0.289 e. The first-order valence-electron chi connectivity index (χ1n) is 9.06. The fraction of sp³-hybridized carbons (Fsp3) is 0.400. The molecular weight excluding hydrogens is 352 g/mol. The van der Waals surface area contributed by atoms with Crippen LogP contribution in [-0.4, -0.2) is 35.8 Å². The lowest BCUT2D eigenvalue weighted by Gasteiger charge is -2.31. The molecule has 1 N–H and O–H groups in total. The summed E-state index contributed by atoms with van der Waals surface area (Å²) in [6.07, 6.45) is 3.58. The Bertz CT molecular complexity index is 820. The summed E-state index contributed by atoms with van der Waals surface area (Å²) in [6, 6.07) is 11.0. The minimum Gasteiger partial charge on any atom is -0.451 e. The molecule has 1 saturated heterocycles. The van der Waals surface area contributed by atoms with Gasteiger partial charge < -0.3 is 14.6 Å². The van der Waals surface area contributed by atoms with Crippen molar-refractivity contribution in [3.8, 4) is 11.3 Å². The Balaban J connectivity index is 1.37. The third kappa shape index (κ3) is 3.63. The number of nitrogens with zero attached hydrogens (tertiary/aromatic N) is 1. The highest BCUT2D eigenvalue weighted by Gasteiger charge is 2.32. The maximum Gasteiger partial charge on any atom is 0.289 e. The number of halogens is 1. The van der Waals surface area contributed by atoms with Crippen molar-refractivity contribution in [3.63, 3.8) is 0 Å². The first-order valence-corrected chi connectivity index (χ1v) is 9.44. The van der Waals surface area contributed by atoms with Gasteiger partial charge in [0.05, 0.1) is 5.02 Å². The molecule has 1 aliphatic carbocycles. The van der Waals surface area contributed by atoms with Crippen molar-refractivity contribution in [2.45, 2.75) is 31.7 Å². The minimum atomic E-state index is -0.115. The molecule has 1 aromatic heterocycles. The van der Waals surface area contributed by atoms with Gasteiger partial charge in [0, 0.05) is 30.6 Å². The molecule has 2 fully saturated rings. The summed E-state index contributed by atoms with van der Waals surface area (Å²) in [5.41, 5.74) is 0.773. The van der Waals surface area contributed by atoms with E-state index in [4.69, 9.17) is 16.0 Å². The molecule has 0 radical (unpaired) electrons. The van der Waals surface area contributed by atoms with Crippen LogP contribution in [0, 0.1) is 5.92 Å². The number of piperidine rings is 1. The van der Waals surface area contributed by atoms with Gasteiger partial charge in [-0.15, -0.1) is 0 Å². The second-order valence-corrected chi connectivity index (χ2v) is 7.40. The summed E-state index contributed by atoms with van der Waals surface area (Å²) in [5.74, 6) is 1.19. The normalized spacial score (nSPS) is 18.0. The van der Waals surface area contributed by atoms with Gasteiger partial charge in [0.25, 0.3) is 5.91 Å². The van der Waals surface area contributed by atoms with Crippen LogP contribution in [0.25, 0.3) is 11.3 Å². The summed E-state index contributed by atoms with van der Waals surface area (Å²) in [5, 5.41) is 3.69. The van der Waals surface area contributed by atoms with Gasteiger partial charge in [-0.05, 0) is 49.9 Å². The van der Waals surface area contributed by atoms with Crippen LogP contribution >= 0.6 is 11.6 Å². The number of carbonyl (C=O) groups excluding carboxylic acids is 2. The Hall–Kier alpha value is -2.27. The summed E-state index contributed by atoms with van der Waals surface area (Å²) in [7, 11) is 0. The third-order valence-electron chi connectivity index (χ3n) is 5.03. The SMILES string of the molecule is O=C(NC1CCN(C(=O)c2ccc(-c3ccccc3Cl)o2)CC1)C1CC1. The van der Waals surface area contributed by atoms with Gasteiger partial charge in [-0.1, -0.05) is 23.7 Å². The van der Waals surface area contributed by atoms with E-state index in [2.05, 4.69) is 5.32 Å². The quantitative estimate of drug-likeness (QED) is 0.889. The van der Waals surface area contributed by atoms with Gasteiger partial charge >= 0.3 is 0 Å². The van der Waals surface area contributed by atoms with Crippen LogP contribution in [0.4, 0.5) is 0 Å². The lowest BCUT2D eigenvalue weighted by molar-refractivity contribution is -0.123. The molecule has 6 heteroatoms. The van der Waals surface area contributed by atoms with Gasteiger partial charge in [0.15, 0.2) is 5.76 Å². The van der Waals surface area contributed by atoms with Crippen molar-refractivity contribution < 1.29 is 14.0 Å². The number of nitrogens with one attached hydrogen (secondary N) is 1. The van der Waals surface area contributed by atoms with Crippen molar-refractivity contribution in [2.24, 2.45) is 5.92 Å². The Kier molecular flexibility index (Phi) is 4.72. The highest BCUT2D eigenvalue weighted by molar-refractivity contribution is 6.33. The zero-order valence-electron chi connectivity index (χ0n) is 14.4. The van der Waals surface area contributed by atoms with Gasteiger partial charge in [0.1, 0.15) is 5.76 Å². The average Bonchev–Trinajstić information content (AvgIpc) is 3.40. The maximum absolute atomic E-state index is 12.7. The molecule has 136 valence electrons. The monoisotopic (exact) mass is 372 g/mol. The van der Waals surface area contributed by atoms with Crippen LogP contribution < -0.4 is 5.32 Å². The number of hydrogen-bond acceptors (Lipinski definition) is 3. The van der Waals surface area contributed by atoms with Crippen LogP contribution in [0.5, 0.6) is 0 Å². The summed E-state index contributed by atoms with van der Waals surface area (Å²) in [4.78, 5) is 26.3. The topological polar surface area (TPSA) is 62.6 Å². The number of furan rings is 1. The molecule has 2 amide bonds. The molecule has 1 aliphatic heterocycles. The van der Waals surface area contributed by atoms with Crippen molar-refractivity contribution in [1.29, 1.82) is 0 Å². The molecule has 2 aromatic rings. The second-order valence-electron chi connectivity index (χ2n) is 6.99. The zero-order chi connectivity index (χ0) is 18.1. The van der Waals surface area contributed by atoms with E-state index < -0.39 is 0 Å². The van der Waals surface area contributed by atoms with Crippen LogP contribution in [0.15, 0.2) is 40.8 Å². The fourth-order valence-corrected chi connectivity index (χ4v) is 3.53. The van der Waals surface area contributed by atoms with Crippen LogP contribution in [0.1, 0.15) is 36.2 Å². The number of amides is 2. The highest BCUT2D eigenvalue weighted by atomic mass is 35.5. The summed E-state index contributed by atoms with van der Waals surface area (Å²) < 4.78 is 5.75. The van der Waals surface area contributed by atoms with Crippen LogP contribution in [0.2, 0.25) is 5.02 Å². The molecule has 0 unspecified atom stereocenters. The van der Waals surface area contributed by atoms with Gasteiger partial charge in [-0.2, -0.15) is 0 Å². The summed E-state index contributed by atoms with van der Waals surface area (Å²) in [6.45, 7) is 1.24. The first kappa shape index (κ1) is 17.2. The van der Waals surface area contributed by atoms with Crippen LogP contribution in [0.3, 0.4) is 0 Å². The molecule has 2 aliphatic rings. The van der Waals surface area contributed by atoms with E-state index in [-0.39, 0.29) is 23.8 Å². The Morgan fingerprint density at radius 3 is 2.46 bits per heavy atom. The Morgan fingerprint density at radius 1 is 1.04 bits per heavy atom.